The molecule has 17 heavy (non-hydrogen) atoms. The second kappa shape index (κ2) is 5.32. The Morgan fingerprint density at radius 3 is 3.00 bits per heavy atom. The number of aromatic nitrogens is 3. The normalized spacial score (nSPS) is 9.88. The van der Waals surface area contributed by atoms with Crippen molar-refractivity contribution in [1.29, 1.82) is 5.26 Å². The lowest BCUT2D eigenvalue weighted by Gasteiger charge is -2.05. The van der Waals surface area contributed by atoms with Crippen LogP contribution in [0.2, 0.25) is 5.02 Å². The van der Waals surface area contributed by atoms with Crippen molar-refractivity contribution in [2.45, 2.75) is 6.42 Å². The van der Waals surface area contributed by atoms with Crippen LogP contribution in [0.15, 0.2) is 24.5 Å². The minimum Gasteiger partial charge on any atom is -0.385 e. The fourth-order valence-corrected chi connectivity index (χ4v) is 1.62. The molecule has 1 aromatic carbocycles. The number of benzene rings is 1. The molecule has 0 aliphatic carbocycles. The molecule has 6 heteroatoms. The van der Waals surface area contributed by atoms with Gasteiger partial charge in [0.15, 0.2) is 0 Å². The van der Waals surface area contributed by atoms with Crippen molar-refractivity contribution < 1.29 is 0 Å². The van der Waals surface area contributed by atoms with Gasteiger partial charge < -0.3 is 5.32 Å². The Kier molecular flexibility index (Phi) is 3.58. The molecule has 0 unspecified atom stereocenters. The number of H-pyrrole nitrogens is 1. The highest BCUT2D eigenvalue weighted by molar-refractivity contribution is 6.32. The van der Waals surface area contributed by atoms with Gasteiger partial charge in [0, 0.05) is 18.7 Å². The number of nitrogens with one attached hydrogen (secondary N) is 2. The quantitative estimate of drug-likeness (QED) is 0.866. The zero-order valence-corrected chi connectivity index (χ0v) is 9.70. The van der Waals surface area contributed by atoms with Crippen LogP contribution in [0.25, 0.3) is 0 Å². The second-order valence-electron chi connectivity index (χ2n) is 3.42. The minimum absolute atomic E-state index is 0.456. The van der Waals surface area contributed by atoms with Gasteiger partial charge in [-0.3, -0.25) is 5.10 Å². The molecule has 0 fully saturated rings. The molecule has 1 heterocycles. The molecule has 2 N–H and O–H groups in total. The predicted octanol–water partition coefficient (Wildman–Crippen LogP) is 1.98. The predicted molar refractivity (Wildman–Crippen MR) is 64.7 cm³/mol. The molecule has 2 aromatic rings. The van der Waals surface area contributed by atoms with Crippen LogP contribution in [0.5, 0.6) is 0 Å². The molecule has 0 aliphatic heterocycles. The maximum absolute atomic E-state index is 8.74. The van der Waals surface area contributed by atoms with Crippen molar-refractivity contribution in [3.8, 4) is 6.07 Å². The number of hydrogen-bond acceptors (Lipinski definition) is 4. The molecule has 1 aromatic heterocycles. The van der Waals surface area contributed by atoms with Gasteiger partial charge in [0.1, 0.15) is 18.2 Å². The average molecular weight is 248 g/mol. The van der Waals surface area contributed by atoms with Crippen molar-refractivity contribution in [1.82, 2.24) is 15.2 Å². The number of rotatable bonds is 4. The summed E-state index contributed by atoms with van der Waals surface area (Å²) >= 11 is 5.92. The van der Waals surface area contributed by atoms with E-state index in [1.54, 1.807) is 12.1 Å². The number of hydrogen-bond donors (Lipinski definition) is 2. The van der Waals surface area contributed by atoms with E-state index in [9.17, 15) is 0 Å². The largest absolute Gasteiger partial charge is 0.385 e. The SMILES string of the molecule is N#Cc1ccc(NCCc2ncn[nH]2)cc1Cl. The van der Waals surface area contributed by atoms with E-state index in [4.69, 9.17) is 16.9 Å². The van der Waals surface area contributed by atoms with Crippen LogP contribution in [0.3, 0.4) is 0 Å². The summed E-state index contributed by atoms with van der Waals surface area (Å²) in [6, 6.07) is 7.27. The lowest BCUT2D eigenvalue weighted by atomic mass is 10.2. The molecular formula is C11H10ClN5. The van der Waals surface area contributed by atoms with Crippen LogP contribution >= 0.6 is 11.6 Å². The van der Waals surface area contributed by atoms with E-state index in [1.807, 2.05) is 12.1 Å². The summed E-state index contributed by atoms with van der Waals surface area (Å²) < 4.78 is 0. The molecule has 5 nitrogen and oxygen atoms in total. The van der Waals surface area contributed by atoms with Crippen molar-refractivity contribution in [3.05, 3.63) is 40.9 Å². The van der Waals surface area contributed by atoms with Gasteiger partial charge >= 0.3 is 0 Å². The summed E-state index contributed by atoms with van der Waals surface area (Å²) in [6.45, 7) is 0.720. The Balaban J connectivity index is 1.91. The molecule has 0 saturated heterocycles. The summed E-state index contributed by atoms with van der Waals surface area (Å²) in [5, 5.41) is 18.9. The third kappa shape index (κ3) is 2.95. The van der Waals surface area contributed by atoms with Crippen molar-refractivity contribution in [2.75, 3.05) is 11.9 Å². The highest BCUT2D eigenvalue weighted by atomic mass is 35.5. The Hall–Kier alpha value is -2.06. The molecule has 0 spiro atoms. The number of aromatic amines is 1. The van der Waals surface area contributed by atoms with E-state index in [2.05, 4.69) is 20.5 Å². The molecule has 0 radical (unpaired) electrons. The number of anilines is 1. The van der Waals surface area contributed by atoms with Gasteiger partial charge in [-0.25, -0.2) is 4.98 Å². The van der Waals surface area contributed by atoms with Crippen LogP contribution in [0, 0.1) is 11.3 Å². The van der Waals surface area contributed by atoms with Crippen molar-refractivity contribution in [3.63, 3.8) is 0 Å². The topological polar surface area (TPSA) is 77.4 Å². The molecule has 0 atom stereocenters. The molecule has 0 saturated carbocycles. The third-order valence-electron chi connectivity index (χ3n) is 2.25. The maximum Gasteiger partial charge on any atom is 0.137 e. The van der Waals surface area contributed by atoms with Gasteiger partial charge in [-0.2, -0.15) is 10.4 Å². The van der Waals surface area contributed by atoms with Crippen LogP contribution in [0.4, 0.5) is 5.69 Å². The summed E-state index contributed by atoms with van der Waals surface area (Å²) in [5.74, 6) is 0.831. The van der Waals surface area contributed by atoms with Crippen molar-refractivity contribution in [2.24, 2.45) is 0 Å². The molecule has 2 rings (SSSR count). The van der Waals surface area contributed by atoms with E-state index < -0.39 is 0 Å². The Morgan fingerprint density at radius 1 is 1.47 bits per heavy atom. The van der Waals surface area contributed by atoms with Gasteiger partial charge in [0.25, 0.3) is 0 Å². The third-order valence-corrected chi connectivity index (χ3v) is 2.56. The van der Waals surface area contributed by atoms with Crippen LogP contribution in [-0.4, -0.2) is 21.7 Å². The first-order valence-corrected chi connectivity index (χ1v) is 5.45. The Morgan fingerprint density at radius 2 is 2.35 bits per heavy atom. The van der Waals surface area contributed by atoms with Gasteiger partial charge in [-0.1, -0.05) is 11.6 Å². The highest BCUT2D eigenvalue weighted by Gasteiger charge is 2.01. The fourth-order valence-electron chi connectivity index (χ4n) is 1.39. The van der Waals surface area contributed by atoms with Crippen molar-refractivity contribution >= 4 is 17.3 Å². The standard InChI is InChI=1S/C11H10ClN5/c12-10-5-9(2-1-8(10)6-13)14-4-3-11-15-7-16-17-11/h1-2,5,7,14H,3-4H2,(H,15,16,17). The van der Waals surface area contributed by atoms with E-state index in [0.717, 1.165) is 24.5 Å². The average Bonchev–Trinajstić information content (AvgIpc) is 2.82. The van der Waals surface area contributed by atoms with E-state index in [0.29, 0.717) is 10.6 Å². The van der Waals surface area contributed by atoms with E-state index in [-0.39, 0.29) is 0 Å². The van der Waals surface area contributed by atoms with Crippen LogP contribution in [0.1, 0.15) is 11.4 Å². The molecule has 86 valence electrons. The molecule has 0 bridgehead atoms. The van der Waals surface area contributed by atoms with E-state index >= 15 is 0 Å². The molecule has 0 aliphatic rings. The molecular weight excluding hydrogens is 238 g/mol. The summed E-state index contributed by atoms with van der Waals surface area (Å²) in [5.41, 5.74) is 1.36. The van der Waals surface area contributed by atoms with Crippen LogP contribution in [-0.2, 0) is 6.42 Å². The lowest BCUT2D eigenvalue weighted by molar-refractivity contribution is 0.901. The van der Waals surface area contributed by atoms with Gasteiger partial charge in [-0.05, 0) is 18.2 Å². The van der Waals surface area contributed by atoms with E-state index in [1.165, 1.54) is 6.33 Å². The lowest BCUT2D eigenvalue weighted by Crippen LogP contribution is -2.06. The highest BCUT2D eigenvalue weighted by Crippen LogP contribution is 2.19. The fraction of sp³-hybridized carbons (Fsp3) is 0.182. The minimum atomic E-state index is 0.456. The zero-order valence-electron chi connectivity index (χ0n) is 8.94. The summed E-state index contributed by atoms with van der Waals surface area (Å²) in [6.07, 6.45) is 2.23. The first-order valence-electron chi connectivity index (χ1n) is 5.07. The van der Waals surface area contributed by atoms with Crippen LogP contribution < -0.4 is 5.32 Å². The molecule has 0 amide bonds. The van der Waals surface area contributed by atoms with Gasteiger partial charge in [0.2, 0.25) is 0 Å². The second-order valence-corrected chi connectivity index (χ2v) is 3.82. The van der Waals surface area contributed by atoms with Gasteiger partial charge in [-0.15, -0.1) is 0 Å². The number of nitrogens with zero attached hydrogens (tertiary/aromatic N) is 3. The first-order chi connectivity index (χ1) is 8.29. The monoisotopic (exact) mass is 247 g/mol. The Bertz CT molecular complexity index is 529. The summed E-state index contributed by atoms with van der Waals surface area (Å²) in [7, 11) is 0. The number of nitriles is 1. The Labute approximate surface area is 103 Å². The van der Waals surface area contributed by atoms with Gasteiger partial charge in [0.05, 0.1) is 10.6 Å². The number of halogens is 1. The smallest absolute Gasteiger partial charge is 0.137 e. The first kappa shape index (κ1) is 11.4. The summed E-state index contributed by atoms with van der Waals surface area (Å²) in [4.78, 5) is 4.02. The zero-order chi connectivity index (χ0) is 12.1. The maximum atomic E-state index is 8.74.